The summed E-state index contributed by atoms with van der Waals surface area (Å²) in [4.78, 5) is 11.9. The Balaban J connectivity index is 1.90. The van der Waals surface area contributed by atoms with Crippen molar-refractivity contribution in [2.24, 2.45) is 0 Å². The average molecular weight is 274 g/mol. The van der Waals surface area contributed by atoms with E-state index in [1.165, 1.54) is 0 Å². The molecule has 0 aliphatic carbocycles. The zero-order valence-electron chi connectivity index (χ0n) is 11.6. The summed E-state index contributed by atoms with van der Waals surface area (Å²) in [5.41, 5.74) is 2.19. The molecule has 2 aromatic heterocycles. The summed E-state index contributed by atoms with van der Waals surface area (Å²) >= 11 is 0. The number of aryl methyl sites for hydroxylation is 1. The summed E-state index contributed by atoms with van der Waals surface area (Å²) in [6.45, 7) is 5.22. The van der Waals surface area contributed by atoms with Crippen molar-refractivity contribution in [1.82, 2.24) is 25.7 Å². The van der Waals surface area contributed by atoms with E-state index in [-0.39, 0.29) is 5.91 Å². The van der Waals surface area contributed by atoms with Crippen molar-refractivity contribution in [2.45, 2.75) is 26.8 Å². The molecule has 0 spiro atoms. The molecule has 0 radical (unpaired) electrons. The zero-order chi connectivity index (χ0) is 14.4. The second-order valence-electron chi connectivity index (χ2n) is 4.43. The van der Waals surface area contributed by atoms with Gasteiger partial charge >= 0.3 is 0 Å². The maximum Gasteiger partial charge on any atom is 0.272 e. The van der Waals surface area contributed by atoms with Gasteiger partial charge in [0.15, 0.2) is 5.69 Å². The number of hydrogen-bond acceptors (Lipinski definition) is 5. The van der Waals surface area contributed by atoms with E-state index in [1.807, 2.05) is 6.92 Å². The van der Waals surface area contributed by atoms with Crippen LogP contribution in [0.15, 0.2) is 18.3 Å². The highest BCUT2D eigenvalue weighted by atomic mass is 16.1. The molecule has 0 aliphatic heterocycles. The van der Waals surface area contributed by atoms with Crippen molar-refractivity contribution in [3.05, 3.63) is 35.3 Å². The zero-order valence-corrected chi connectivity index (χ0v) is 11.6. The minimum atomic E-state index is -0.250. The number of hydrogen-bond donors (Lipinski definition) is 3. The Kier molecular flexibility index (Phi) is 4.65. The summed E-state index contributed by atoms with van der Waals surface area (Å²) in [5.74, 6) is 0.425. The maximum absolute atomic E-state index is 11.9. The smallest absolute Gasteiger partial charge is 0.272 e. The highest BCUT2D eigenvalue weighted by Crippen LogP contribution is 2.04. The molecule has 0 atom stereocenters. The van der Waals surface area contributed by atoms with Gasteiger partial charge in [0.1, 0.15) is 5.82 Å². The van der Waals surface area contributed by atoms with E-state index in [4.69, 9.17) is 0 Å². The van der Waals surface area contributed by atoms with Gasteiger partial charge in [0.2, 0.25) is 0 Å². The van der Waals surface area contributed by atoms with Crippen LogP contribution in [0.4, 0.5) is 5.82 Å². The highest BCUT2D eigenvalue weighted by molar-refractivity contribution is 5.92. The topological polar surface area (TPSA) is 95.6 Å². The molecular formula is C13H18N6O. The van der Waals surface area contributed by atoms with Crippen LogP contribution in [0.1, 0.15) is 35.1 Å². The molecule has 0 saturated carbocycles. The van der Waals surface area contributed by atoms with Crippen molar-refractivity contribution in [3.63, 3.8) is 0 Å². The SMILES string of the molecule is CCCNc1ccc(C(=O)NCc2cn[nH]c2C)nn1. The molecule has 3 N–H and O–H groups in total. The molecule has 20 heavy (non-hydrogen) atoms. The molecule has 2 heterocycles. The number of anilines is 1. The average Bonchev–Trinajstić information content (AvgIpc) is 2.88. The molecule has 2 rings (SSSR count). The van der Waals surface area contributed by atoms with Crippen LogP contribution in [0.5, 0.6) is 0 Å². The third-order valence-electron chi connectivity index (χ3n) is 2.83. The maximum atomic E-state index is 11.9. The Hall–Kier alpha value is -2.44. The number of aromatic amines is 1. The summed E-state index contributed by atoms with van der Waals surface area (Å²) in [7, 11) is 0. The summed E-state index contributed by atoms with van der Waals surface area (Å²) in [6, 6.07) is 3.41. The molecule has 2 aromatic rings. The molecule has 0 saturated heterocycles. The molecule has 0 aliphatic rings. The van der Waals surface area contributed by atoms with Crippen molar-refractivity contribution < 1.29 is 4.79 Å². The van der Waals surface area contributed by atoms with Gasteiger partial charge in [-0.3, -0.25) is 9.89 Å². The fraction of sp³-hybridized carbons (Fsp3) is 0.385. The van der Waals surface area contributed by atoms with Crippen molar-refractivity contribution in [3.8, 4) is 0 Å². The Morgan fingerprint density at radius 2 is 2.20 bits per heavy atom. The number of aromatic nitrogens is 4. The number of rotatable bonds is 6. The Morgan fingerprint density at radius 3 is 2.80 bits per heavy atom. The number of nitrogens with one attached hydrogen (secondary N) is 3. The van der Waals surface area contributed by atoms with Crippen LogP contribution in [-0.2, 0) is 6.54 Å². The van der Waals surface area contributed by atoms with Crippen molar-refractivity contribution in [1.29, 1.82) is 0 Å². The first-order valence-corrected chi connectivity index (χ1v) is 6.55. The third kappa shape index (κ3) is 3.53. The van der Waals surface area contributed by atoms with Gasteiger partial charge in [0.05, 0.1) is 6.20 Å². The van der Waals surface area contributed by atoms with E-state index in [0.29, 0.717) is 18.1 Å². The minimum Gasteiger partial charge on any atom is -0.369 e. The fourth-order valence-electron chi connectivity index (χ4n) is 1.62. The highest BCUT2D eigenvalue weighted by Gasteiger charge is 2.09. The Labute approximate surface area is 117 Å². The van der Waals surface area contributed by atoms with Crippen LogP contribution in [0, 0.1) is 6.92 Å². The number of H-pyrrole nitrogens is 1. The number of carbonyl (C=O) groups is 1. The standard InChI is InChI=1S/C13H18N6O/c1-3-6-14-12-5-4-11(18-19-12)13(20)15-7-10-8-16-17-9(10)2/h4-5,8H,3,6-7H2,1-2H3,(H,14,19)(H,15,20)(H,16,17). The third-order valence-corrected chi connectivity index (χ3v) is 2.83. The van der Waals surface area contributed by atoms with Crippen LogP contribution >= 0.6 is 0 Å². The van der Waals surface area contributed by atoms with E-state index < -0.39 is 0 Å². The van der Waals surface area contributed by atoms with E-state index in [1.54, 1.807) is 18.3 Å². The van der Waals surface area contributed by atoms with E-state index in [9.17, 15) is 4.79 Å². The predicted octanol–water partition coefficient (Wildman–Crippen LogP) is 1.26. The van der Waals surface area contributed by atoms with Gasteiger partial charge in [-0.05, 0) is 25.5 Å². The van der Waals surface area contributed by atoms with Crippen LogP contribution in [0.3, 0.4) is 0 Å². The monoisotopic (exact) mass is 274 g/mol. The predicted molar refractivity (Wildman–Crippen MR) is 75.3 cm³/mol. The lowest BCUT2D eigenvalue weighted by atomic mass is 10.2. The second-order valence-corrected chi connectivity index (χ2v) is 4.43. The molecule has 0 aromatic carbocycles. The first kappa shape index (κ1) is 14.0. The first-order valence-electron chi connectivity index (χ1n) is 6.55. The summed E-state index contributed by atoms with van der Waals surface area (Å²) < 4.78 is 0. The second kappa shape index (κ2) is 6.65. The molecule has 0 bridgehead atoms. The largest absolute Gasteiger partial charge is 0.369 e. The summed E-state index contributed by atoms with van der Waals surface area (Å²) in [6.07, 6.45) is 2.70. The number of nitrogens with zero attached hydrogens (tertiary/aromatic N) is 3. The van der Waals surface area contributed by atoms with Gasteiger partial charge in [0, 0.05) is 24.3 Å². The van der Waals surface area contributed by atoms with Gasteiger partial charge in [-0.2, -0.15) is 5.10 Å². The molecule has 7 nitrogen and oxygen atoms in total. The van der Waals surface area contributed by atoms with E-state index >= 15 is 0 Å². The Bertz CT molecular complexity index is 562. The fourth-order valence-corrected chi connectivity index (χ4v) is 1.62. The van der Waals surface area contributed by atoms with E-state index in [2.05, 4.69) is 38.0 Å². The number of amides is 1. The van der Waals surface area contributed by atoms with Gasteiger partial charge in [-0.1, -0.05) is 6.92 Å². The molecule has 106 valence electrons. The molecular weight excluding hydrogens is 256 g/mol. The van der Waals surface area contributed by atoms with Gasteiger partial charge < -0.3 is 10.6 Å². The molecule has 0 fully saturated rings. The van der Waals surface area contributed by atoms with Crippen LogP contribution < -0.4 is 10.6 Å². The lowest BCUT2D eigenvalue weighted by Crippen LogP contribution is -2.24. The van der Waals surface area contributed by atoms with Gasteiger partial charge in [0.25, 0.3) is 5.91 Å². The lowest BCUT2D eigenvalue weighted by molar-refractivity contribution is 0.0945. The van der Waals surface area contributed by atoms with Crippen molar-refractivity contribution in [2.75, 3.05) is 11.9 Å². The lowest BCUT2D eigenvalue weighted by Gasteiger charge is -2.05. The molecule has 0 unspecified atom stereocenters. The first-order chi connectivity index (χ1) is 9.70. The molecule has 1 amide bonds. The minimum absolute atomic E-state index is 0.250. The molecule has 7 heteroatoms. The number of carbonyl (C=O) groups excluding carboxylic acids is 1. The van der Waals surface area contributed by atoms with Crippen LogP contribution in [-0.4, -0.2) is 32.8 Å². The van der Waals surface area contributed by atoms with Gasteiger partial charge in [-0.25, -0.2) is 0 Å². The van der Waals surface area contributed by atoms with Crippen LogP contribution in [0.25, 0.3) is 0 Å². The summed E-state index contributed by atoms with van der Waals surface area (Å²) in [5, 5.41) is 20.5. The van der Waals surface area contributed by atoms with Gasteiger partial charge in [-0.15, -0.1) is 10.2 Å². The van der Waals surface area contributed by atoms with Crippen molar-refractivity contribution >= 4 is 11.7 Å². The van der Waals surface area contributed by atoms with Crippen LogP contribution in [0.2, 0.25) is 0 Å². The Morgan fingerprint density at radius 1 is 1.35 bits per heavy atom. The normalized spacial score (nSPS) is 10.3. The quantitative estimate of drug-likeness (QED) is 0.737. The van der Waals surface area contributed by atoms with E-state index in [0.717, 1.165) is 24.2 Å².